The minimum atomic E-state index is -3.74. The quantitative estimate of drug-likeness (QED) is 0.699. The van der Waals surface area contributed by atoms with Crippen molar-refractivity contribution in [3.8, 4) is 0 Å². The van der Waals surface area contributed by atoms with Crippen LogP contribution in [0.25, 0.3) is 0 Å². The summed E-state index contributed by atoms with van der Waals surface area (Å²) >= 11 is 0. The van der Waals surface area contributed by atoms with E-state index in [0.717, 1.165) is 11.1 Å². The Hall–Kier alpha value is -2.75. The largest absolute Gasteiger partial charge is 0.380 e. The van der Waals surface area contributed by atoms with Crippen LogP contribution in [0.2, 0.25) is 0 Å². The number of carbonyl (C=O) groups is 2. The zero-order valence-corrected chi connectivity index (χ0v) is 18.5. The van der Waals surface area contributed by atoms with Gasteiger partial charge in [0.1, 0.15) is 0 Å². The van der Waals surface area contributed by atoms with E-state index in [2.05, 4.69) is 5.32 Å². The molecule has 1 fully saturated rings. The van der Waals surface area contributed by atoms with Gasteiger partial charge in [-0.1, -0.05) is 30.3 Å². The highest BCUT2D eigenvalue weighted by Crippen LogP contribution is 2.19. The van der Waals surface area contributed by atoms with Crippen LogP contribution in [0.5, 0.6) is 0 Å². The van der Waals surface area contributed by atoms with Gasteiger partial charge in [0.2, 0.25) is 15.9 Å². The fraction of sp³-hybridized carbons (Fsp3) is 0.364. The van der Waals surface area contributed by atoms with Crippen molar-refractivity contribution < 1.29 is 22.7 Å². The first-order valence-corrected chi connectivity index (χ1v) is 11.5. The summed E-state index contributed by atoms with van der Waals surface area (Å²) in [6, 6.07) is 13.7. The van der Waals surface area contributed by atoms with Crippen LogP contribution in [0.1, 0.15) is 28.4 Å². The lowest BCUT2D eigenvalue weighted by molar-refractivity contribution is -0.129. The lowest BCUT2D eigenvalue weighted by Crippen LogP contribution is -2.49. The highest BCUT2D eigenvalue weighted by molar-refractivity contribution is 7.89. The predicted molar refractivity (Wildman–Crippen MR) is 116 cm³/mol. The molecule has 0 radical (unpaired) electrons. The topological polar surface area (TPSA) is 96.0 Å². The molecule has 31 heavy (non-hydrogen) atoms. The maximum absolute atomic E-state index is 13.0. The van der Waals surface area contributed by atoms with Gasteiger partial charge in [-0.3, -0.25) is 9.59 Å². The molecule has 0 unspecified atom stereocenters. The number of hydrogen-bond acceptors (Lipinski definition) is 5. The van der Waals surface area contributed by atoms with Crippen LogP contribution < -0.4 is 5.32 Å². The number of benzene rings is 2. The van der Waals surface area contributed by atoms with E-state index in [0.29, 0.717) is 26.2 Å². The number of nitrogens with one attached hydrogen (secondary N) is 1. The number of rotatable bonds is 7. The van der Waals surface area contributed by atoms with E-state index in [1.54, 1.807) is 24.1 Å². The molecule has 0 aromatic heterocycles. The molecule has 1 saturated heterocycles. The summed E-state index contributed by atoms with van der Waals surface area (Å²) < 4.78 is 32.5. The summed E-state index contributed by atoms with van der Waals surface area (Å²) in [5.41, 5.74) is 2.21. The highest BCUT2D eigenvalue weighted by atomic mass is 32.2. The average Bonchev–Trinajstić information content (AvgIpc) is 2.78. The zero-order chi connectivity index (χ0) is 22.4. The molecule has 3 rings (SSSR count). The van der Waals surface area contributed by atoms with E-state index in [1.807, 2.05) is 24.3 Å². The Morgan fingerprint density at radius 3 is 2.35 bits per heavy atom. The number of methoxy groups -OCH3 is 1. The molecule has 0 bridgehead atoms. The van der Waals surface area contributed by atoms with Crippen molar-refractivity contribution in [3.05, 3.63) is 65.2 Å². The second-order valence-electron chi connectivity index (χ2n) is 7.37. The molecule has 0 saturated carbocycles. The molecular formula is C22H27N3O5S. The average molecular weight is 446 g/mol. The molecule has 1 heterocycles. The SMILES string of the molecule is COCc1cccc(CNC(=O)c2cccc(S(=O)(=O)N3CCN(C(C)=O)CC3)c2)c1. The van der Waals surface area contributed by atoms with Crippen molar-refractivity contribution in [1.82, 2.24) is 14.5 Å². The first kappa shape index (κ1) is 22.9. The van der Waals surface area contributed by atoms with Crippen LogP contribution in [0.15, 0.2) is 53.4 Å². The van der Waals surface area contributed by atoms with Crippen LogP contribution in [0.4, 0.5) is 0 Å². The summed E-state index contributed by atoms with van der Waals surface area (Å²) in [5.74, 6) is -0.418. The van der Waals surface area contributed by atoms with Crippen molar-refractivity contribution in [2.45, 2.75) is 25.0 Å². The standard InChI is InChI=1S/C22H27N3O5S/c1-17(26)24-9-11-25(12-10-24)31(28,29)21-8-4-7-20(14-21)22(27)23-15-18-5-3-6-19(13-18)16-30-2/h3-8,13-14H,9-12,15-16H2,1-2H3,(H,23,27). The molecule has 1 aliphatic rings. The maximum atomic E-state index is 13.0. The van der Waals surface area contributed by atoms with Crippen molar-refractivity contribution in [2.24, 2.45) is 0 Å². The van der Waals surface area contributed by atoms with Gasteiger partial charge in [0.05, 0.1) is 11.5 Å². The van der Waals surface area contributed by atoms with Crippen molar-refractivity contribution in [3.63, 3.8) is 0 Å². The van der Waals surface area contributed by atoms with Gasteiger partial charge in [0, 0.05) is 52.3 Å². The molecule has 2 aromatic rings. The molecule has 0 aliphatic carbocycles. The molecule has 1 aliphatic heterocycles. The van der Waals surface area contributed by atoms with Crippen LogP contribution >= 0.6 is 0 Å². The fourth-order valence-electron chi connectivity index (χ4n) is 3.47. The van der Waals surface area contributed by atoms with Gasteiger partial charge in [-0.05, 0) is 29.3 Å². The Bertz CT molecular complexity index is 1050. The first-order valence-electron chi connectivity index (χ1n) is 10.0. The molecule has 8 nitrogen and oxygen atoms in total. The van der Waals surface area contributed by atoms with Gasteiger partial charge < -0.3 is 15.0 Å². The lowest BCUT2D eigenvalue weighted by atomic mass is 10.1. The third-order valence-electron chi connectivity index (χ3n) is 5.17. The van der Waals surface area contributed by atoms with E-state index in [1.165, 1.54) is 23.4 Å². The summed E-state index contributed by atoms with van der Waals surface area (Å²) in [5, 5.41) is 2.83. The van der Waals surface area contributed by atoms with Gasteiger partial charge in [-0.25, -0.2) is 8.42 Å². The molecule has 2 amide bonds. The predicted octanol–water partition coefficient (Wildman–Crippen LogP) is 1.62. The van der Waals surface area contributed by atoms with Gasteiger partial charge >= 0.3 is 0 Å². The summed E-state index contributed by atoms with van der Waals surface area (Å²) in [4.78, 5) is 25.8. The van der Waals surface area contributed by atoms with Crippen molar-refractivity contribution in [2.75, 3.05) is 33.3 Å². The highest BCUT2D eigenvalue weighted by Gasteiger charge is 2.29. The van der Waals surface area contributed by atoms with E-state index in [-0.39, 0.29) is 35.4 Å². The Morgan fingerprint density at radius 1 is 1.00 bits per heavy atom. The summed E-state index contributed by atoms with van der Waals surface area (Å²) in [7, 11) is -2.12. The van der Waals surface area contributed by atoms with Crippen LogP contribution in [-0.4, -0.2) is 62.7 Å². The summed E-state index contributed by atoms with van der Waals surface area (Å²) in [6.07, 6.45) is 0. The van der Waals surface area contributed by atoms with Crippen molar-refractivity contribution >= 4 is 21.8 Å². The molecule has 0 atom stereocenters. The first-order chi connectivity index (χ1) is 14.8. The Kier molecular flexibility index (Phi) is 7.42. The third kappa shape index (κ3) is 5.69. The number of carbonyl (C=O) groups excluding carboxylic acids is 2. The Labute approximate surface area is 182 Å². The van der Waals surface area contributed by atoms with E-state index >= 15 is 0 Å². The van der Waals surface area contributed by atoms with Crippen molar-refractivity contribution in [1.29, 1.82) is 0 Å². The Balaban J connectivity index is 1.67. The summed E-state index contributed by atoms with van der Waals surface area (Å²) in [6.45, 7) is 3.46. The maximum Gasteiger partial charge on any atom is 0.251 e. The van der Waals surface area contributed by atoms with Gasteiger partial charge in [-0.15, -0.1) is 0 Å². The van der Waals surface area contributed by atoms with Crippen LogP contribution in [-0.2, 0) is 32.7 Å². The van der Waals surface area contributed by atoms with Crippen LogP contribution in [0.3, 0.4) is 0 Å². The molecule has 166 valence electrons. The molecule has 9 heteroatoms. The number of piperazine rings is 1. The van der Waals surface area contributed by atoms with Gasteiger partial charge in [0.15, 0.2) is 0 Å². The van der Waals surface area contributed by atoms with Gasteiger partial charge in [0.25, 0.3) is 5.91 Å². The number of hydrogen-bond donors (Lipinski definition) is 1. The minimum absolute atomic E-state index is 0.0662. The van der Waals surface area contributed by atoms with E-state index < -0.39 is 10.0 Å². The van der Waals surface area contributed by atoms with E-state index in [9.17, 15) is 18.0 Å². The zero-order valence-electron chi connectivity index (χ0n) is 17.7. The molecule has 2 aromatic carbocycles. The number of nitrogens with zero attached hydrogens (tertiary/aromatic N) is 2. The number of amides is 2. The number of ether oxygens (including phenoxy) is 1. The normalized spacial score (nSPS) is 15.0. The van der Waals surface area contributed by atoms with E-state index in [4.69, 9.17) is 4.74 Å². The second kappa shape index (κ2) is 10.0. The Morgan fingerprint density at radius 2 is 1.68 bits per heavy atom. The third-order valence-corrected chi connectivity index (χ3v) is 7.07. The second-order valence-corrected chi connectivity index (χ2v) is 9.31. The smallest absolute Gasteiger partial charge is 0.251 e. The monoisotopic (exact) mass is 445 g/mol. The molecular weight excluding hydrogens is 418 g/mol. The lowest BCUT2D eigenvalue weighted by Gasteiger charge is -2.33. The minimum Gasteiger partial charge on any atom is -0.380 e. The van der Waals surface area contributed by atoms with Gasteiger partial charge in [-0.2, -0.15) is 4.31 Å². The fourth-order valence-corrected chi connectivity index (χ4v) is 4.94. The number of sulfonamides is 1. The van der Waals surface area contributed by atoms with Crippen LogP contribution in [0, 0.1) is 0 Å². The molecule has 1 N–H and O–H groups in total. The molecule has 0 spiro atoms.